The van der Waals surface area contributed by atoms with Crippen molar-refractivity contribution in [3.63, 3.8) is 0 Å². The van der Waals surface area contributed by atoms with Gasteiger partial charge in [0.05, 0.1) is 10.5 Å². The minimum Gasteiger partial charge on any atom is -0.488 e. The molecule has 6 nitrogen and oxygen atoms in total. The number of nitrogens with zero attached hydrogens (tertiary/aromatic N) is 2. The first-order chi connectivity index (χ1) is 10.9. The summed E-state index contributed by atoms with van der Waals surface area (Å²) in [4.78, 5) is 24.0. The van der Waals surface area contributed by atoms with Gasteiger partial charge in [0, 0.05) is 26.2 Å². The molecule has 2 aromatic carbocycles. The first-order valence-corrected chi connectivity index (χ1v) is 7.07. The number of amides is 1. The lowest BCUT2D eigenvalue weighted by molar-refractivity contribution is -0.384. The molecule has 0 unspecified atom stereocenters. The molecule has 0 fully saturated rings. The zero-order valence-electron chi connectivity index (χ0n) is 13.3. The topological polar surface area (TPSA) is 72.7 Å². The number of nitro benzene ring substituents is 1. The second-order valence-corrected chi connectivity index (χ2v) is 5.41. The third-order valence-corrected chi connectivity index (χ3v) is 3.33. The second kappa shape index (κ2) is 6.91. The molecular formula is C17H18N2O4. The van der Waals surface area contributed by atoms with Crippen molar-refractivity contribution in [1.82, 2.24) is 4.90 Å². The lowest BCUT2D eigenvalue weighted by Gasteiger charge is -2.15. The SMILES string of the molecule is Cc1ccc(COc2ccc([N+](=O)[O-])cc2C(=O)N(C)C)cc1. The number of non-ortho nitro benzene ring substituents is 1. The van der Waals surface area contributed by atoms with Gasteiger partial charge in [-0.25, -0.2) is 0 Å². The van der Waals surface area contributed by atoms with Gasteiger partial charge in [-0.2, -0.15) is 0 Å². The normalized spacial score (nSPS) is 10.2. The number of ether oxygens (including phenoxy) is 1. The highest BCUT2D eigenvalue weighted by molar-refractivity contribution is 5.97. The van der Waals surface area contributed by atoms with E-state index in [1.54, 1.807) is 14.1 Å². The molecule has 0 aliphatic rings. The highest BCUT2D eigenvalue weighted by atomic mass is 16.6. The second-order valence-electron chi connectivity index (χ2n) is 5.41. The van der Waals surface area contributed by atoms with Crippen LogP contribution in [0.1, 0.15) is 21.5 Å². The summed E-state index contributed by atoms with van der Waals surface area (Å²) >= 11 is 0. The van der Waals surface area contributed by atoms with Crippen molar-refractivity contribution in [3.05, 3.63) is 69.3 Å². The summed E-state index contributed by atoms with van der Waals surface area (Å²) in [6, 6.07) is 11.9. The van der Waals surface area contributed by atoms with Gasteiger partial charge in [0.25, 0.3) is 11.6 Å². The Balaban J connectivity index is 2.27. The molecule has 0 spiro atoms. The highest BCUT2D eigenvalue weighted by Gasteiger charge is 2.19. The molecular weight excluding hydrogens is 296 g/mol. The maximum absolute atomic E-state index is 12.2. The van der Waals surface area contributed by atoms with Crippen LogP contribution in [0.25, 0.3) is 0 Å². The molecule has 0 atom stereocenters. The van der Waals surface area contributed by atoms with Crippen molar-refractivity contribution >= 4 is 11.6 Å². The summed E-state index contributed by atoms with van der Waals surface area (Å²) in [7, 11) is 3.18. The molecule has 6 heteroatoms. The molecule has 0 bridgehead atoms. The largest absolute Gasteiger partial charge is 0.488 e. The maximum Gasteiger partial charge on any atom is 0.270 e. The molecule has 0 aliphatic carbocycles. The van der Waals surface area contributed by atoms with Crippen molar-refractivity contribution in [2.24, 2.45) is 0 Å². The predicted octanol–water partition coefficient (Wildman–Crippen LogP) is 3.18. The van der Waals surface area contributed by atoms with Crippen LogP contribution in [0.15, 0.2) is 42.5 Å². The van der Waals surface area contributed by atoms with Crippen molar-refractivity contribution in [2.75, 3.05) is 14.1 Å². The number of carbonyl (C=O) groups is 1. The average molecular weight is 314 g/mol. The van der Waals surface area contributed by atoms with E-state index in [-0.39, 0.29) is 23.8 Å². The van der Waals surface area contributed by atoms with E-state index in [2.05, 4.69) is 0 Å². The van der Waals surface area contributed by atoms with E-state index in [1.807, 2.05) is 31.2 Å². The summed E-state index contributed by atoms with van der Waals surface area (Å²) in [5.41, 5.74) is 2.14. The summed E-state index contributed by atoms with van der Waals surface area (Å²) in [5, 5.41) is 10.9. The Labute approximate surface area is 134 Å². The van der Waals surface area contributed by atoms with Crippen LogP contribution in [0.5, 0.6) is 5.75 Å². The van der Waals surface area contributed by atoms with E-state index in [9.17, 15) is 14.9 Å². The van der Waals surface area contributed by atoms with Crippen LogP contribution < -0.4 is 4.74 Å². The molecule has 0 aliphatic heterocycles. The number of hydrogen-bond acceptors (Lipinski definition) is 4. The van der Waals surface area contributed by atoms with E-state index in [4.69, 9.17) is 4.74 Å². The van der Waals surface area contributed by atoms with Crippen LogP contribution in [-0.4, -0.2) is 29.8 Å². The Kier molecular flexibility index (Phi) is 4.95. The van der Waals surface area contributed by atoms with Gasteiger partial charge in [0.15, 0.2) is 0 Å². The molecule has 0 heterocycles. The van der Waals surface area contributed by atoms with Crippen LogP contribution >= 0.6 is 0 Å². The molecule has 120 valence electrons. The molecule has 0 saturated heterocycles. The minimum absolute atomic E-state index is 0.141. The third-order valence-electron chi connectivity index (χ3n) is 3.33. The van der Waals surface area contributed by atoms with E-state index in [1.165, 1.54) is 23.1 Å². The van der Waals surface area contributed by atoms with Crippen molar-refractivity contribution < 1.29 is 14.5 Å². The minimum atomic E-state index is -0.532. The Bertz CT molecular complexity index is 724. The molecule has 0 N–H and O–H groups in total. The molecule has 0 radical (unpaired) electrons. The first-order valence-electron chi connectivity index (χ1n) is 7.07. The molecule has 2 aromatic rings. The quantitative estimate of drug-likeness (QED) is 0.627. The summed E-state index contributed by atoms with van der Waals surface area (Å²) in [6.45, 7) is 2.28. The smallest absolute Gasteiger partial charge is 0.270 e. The molecule has 23 heavy (non-hydrogen) atoms. The van der Waals surface area contributed by atoms with Gasteiger partial charge in [-0.3, -0.25) is 14.9 Å². The Morgan fingerprint density at radius 3 is 2.39 bits per heavy atom. The molecule has 0 aromatic heterocycles. The van der Waals surface area contributed by atoms with Crippen molar-refractivity contribution in [3.8, 4) is 5.75 Å². The van der Waals surface area contributed by atoms with Gasteiger partial charge in [0.1, 0.15) is 12.4 Å². The summed E-state index contributed by atoms with van der Waals surface area (Å²) in [6.07, 6.45) is 0. The average Bonchev–Trinajstić information content (AvgIpc) is 2.53. The monoisotopic (exact) mass is 314 g/mol. The number of hydrogen-bond donors (Lipinski definition) is 0. The van der Waals surface area contributed by atoms with Crippen LogP contribution in [0.2, 0.25) is 0 Å². The number of nitro groups is 1. The standard InChI is InChI=1S/C17H18N2O4/c1-12-4-6-13(7-5-12)11-23-16-9-8-14(19(21)22)10-15(16)17(20)18(2)3/h4-10H,11H2,1-3H3. The lowest BCUT2D eigenvalue weighted by atomic mass is 10.1. The van der Waals surface area contributed by atoms with E-state index in [0.29, 0.717) is 5.75 Å². The summed E-state index contributed by atoms with van der Waals surface area (Å²) < 4.78 is 5.70. The van der Waals surface area contributed by atoms with Gasteiger partial charge in [0.2, 0.25) is 0 Å². The Morgan fingerprint density at radius 1 is 1.17 bits per heavy atom. The lowest BCUT2D eigenvalue weighted by Crippen LogP contribution is -2.22. The van der Waals surface area contributed by atoms with Crippen LogP contribution in [-0.2, 0) is 6.61 Å². The van der Waals surface area contributed by atoms with Gasteiger partial charge in [-0.1, -0.05) is 29.8 Å². The van der Waals surface area contributed by atoms with Crippen LogP contribution in [0, 0.1) is 17.0 Å². The highest BCUT2D eigenvalue weighted by Crippen LogP contribution is 2.26. The van der Waals surface area contributed by atoms with Gasteiger partial charge >= 0.3 is 0 Å². The molecule has 1 amide bonds. The van der Waals surface area contributed by atoms with E-state index in [0.717, 1.165) is 11.1 Å². The fourth-order valence-electron chi connectivity index (χ4n) is 2.01. The maximum atomic E-state index is 12.2. The predicted molar refractivity (Wildman–Crippen MR) is 86.6 cm³/mol. The molecule has 2 rings (SSSR count). The van der Waals surface area contributed by atoms with E-state index < -0.39 is 4.92 Å². The number of carbonyl (C=O) groups excluding carboxylic acids is 1. The Hall–Kier alpha value is -2.89. The van der Waals surface area contributed by atoms with E-state index >= 15 is 0 Å². The zero-order chi connectivity index (χ0) is 17.0. The fourth-order valence-corrected chi connectivity index (χ4v) is 2.01. The third kappa shape index (κ3) is 4.06. The number of benzene rings is 2. The van der Waals surface area contributed by atoms with Crippen molar-refractivity contribution in [1.29, 1.82) is 0 Å². The Morgan fingerprint density at radius 2 is 1.83 bits per heavy atom. The van der Waals surface area contributed by atoms with Crippen LogP contribution in [0.4, 0.5) is 5.69 Å². The van der Waals surface area contributed by atoms with Crippen LogP contribution in [0.3, 0.4) is 0 Å². The van der Waals surface area contributed by atoms with Gasteiger partial charge < -0.3 is 9.64 Å². The first kappa shape index (κ1) is 16.5. The number of rotatable bonds is 5. The molecule has 0 saturated carbocycles. The van der Waals surface area contributed by atoms with Gasteiger partial charge in [-0.05, 0) is 18.6 Å². The number of aryl methyl sites for hydroxylation is 1. The van der Waals surface area contributed by atoms with Gasteiger partial charge in [-0.15, -0.1) is 0 Å². The summed E-state index contributed by atoms with van der Waals surface area (Å²) in [5.74, 6) is -0.0116. The van der Waals surface area contributed by atoms with Crippen molar-refractivity contribution in [2.45, 2.75) is 13.5 Å². The fraction of sp³-hybridized carbons (Fsp3) is 0.235. The zero-order valence-corrected chi connectivity index (χ0v) is 13.3.